The Kier molecular flexibility index (Phi) is 6.45. The van der Waals surface area contributed by atoms with Crippen molar-refractivity contribution >= 4 is 38.8 Å². The largest absolute Gasteiger partial charge is 0.496 e. The van der Waals surface area contributed by atoms with Crippen LogP contribution in [0.2, 0.25) is 0 Å². The lowest BCUT2D eigenvalue weighted by Crippen LogP contribution is -2.18. The molecule has 0 aliphatic carbocycles. The summed E-state index contributed by atoms with van der Waals surface area (Å²) in [7, 11) is 1.54. The van der Waals surface area contributed by atoms with Crippen molar-refractivity contribution in [1.29, 1.82) is 0 Å². The number of carbonyl (C=O) groups is 1. The summed E-state index contributed by atoms with van der Waals surface area (Å²) < 4.78 is 11.7. The van der Waals surface area contributed by atoms with E-state index >= 15 is 0 Å². The van der Waals surface area contributed by atoms with Gasteiger partial charge in [-0.2, -0.15) is 5.10 Å². The highest BCUT2D eigenvalue weighted by Crippen LogP contribution is 2.26. The molecule has 28 heavy (non-hydrogen) atoms. The van der Waals surface area contributed by atoms with Gasteiger partial charge in [-0.15, -0.1) is 0 Å². The quantitative estimate of drug-likeness (QED) is 0.322. The van der Waals surface area contributed by atoms with Crippen LogP contribution in [0, 0.1) is 0 Å². The highest BCUT2D eigenvalue weighted by atomic mass is 79.9. The molecule has 142 valence electrons. The van der Waals surface area contributed by atoms with Crippen LogP contribution in [0.4, 0.5) is 0 Å². The molecule has 0 saturated heterocycles. The lowest BCUT2D eigenvalue weighted by Gasteiger charge is -2.09. The van der Waals surface area contributed by atoms with E-state index in [1.165, 1.54) is 7.11 Å². The molecule has 3 aromatic carbocycles. The van der Waals surface area contributed by atoms with E-state index in [0.29, 0.717) is 23.7 Å². The Hall–Kier alpha value is -3.12. The molecule has 0 bridgehead atoms. The number of hydrogen-bond acceptors (Lipinski definition) is 4. The van der Waals surface area contributed by atoms with Crippen LogP contribution >= 0.6 is 15.9 Å². The van der Waals surface area contributed by atoms with Gasteiger partial charge in [0.05, 0.1) is 23.4 Å². The molecular weight excluding hydrogens is 420 g/mol. The third-order valence-electron chi connectivity index (χ3n) is 4.00. The third kappa shape index (κ3) is 4.58. The molecule has 0 aromatic heterocycles. The van der Waals surface area contributed by atoms with Crippen LogP contribution in [0.3, 0.4) is 0 Å². The van der Waals surface area contributed by atoms with Gasteiger partial charge >= 0.3 is 0 Å². The average Bonchev–Trinajstić information content (AvgIpc) is 2.72. The first-order chi connectivity index (χ1) is 13.6. The van der Waals surface area contributed by atoms with E-state index in [1.54, 1.807) is 18.4 Å². The Balaban J connectivity index is 1.74. The molecule has 5 nitrogen and oxygen atoms in total. The van der Waals surface area contributed by atoms with Crippen molar-refractivity contribution in [1.82, 2.24) is 5.43 Å². The van der Waals surface area contributed by atoms with Gasteiger partial charge in [-0.1, -0.05) is 36.9 Å². The van der Waals surface area contributed by atoms with Crippen LogP contribution in [0.15, 0.2) is 76.8 Å². The summed E-state index contributed by atoms with van der Waals surface area (Å²) in [5, 5.41) is 6.01. The molecule has 0 radical (unpaired) electrons. The van der Waals surface area contributed by atoms with Gasteiger partial charge in [-0.05, 0) is 62.6 Å². The Morgan fingerprint density at radius 2 is 1.89 bits per heavy atom. The molecule has 3 rings (SSSR count). The second kappa shape index (κ2) is 9.19. The summed E-state index contributed by atoms with van der Waals surface area (Å²) in [4.78, 5) is 12.6. The van der Waals surface area contributed by atoms with E-state index < -0.39 is 0 Å². The molecule has 0 aliphatic rings. The van der Waals surface area contributed by atoms with E-state index in [-0.39, 0.29) is 5.91 Å². The number of hydrogen-bond donors (Lipinski definition) is 1. The summed E-state index contributed by atoms with van der Waals surface area (Å²) in [5.41, 5.74) is 3.78. The summed E-state index contributed by atoms with van der Waals surface area (Å²) in [6, 6.07) is 16.9. The second-order valence-electron chi connectivity index (χ2n) is 5.89. The Bertz CT molecular complexity index is 1050. The van der Waals surface area contributed by atoms with Gasteiger partial charge in [0, 0.05) is 0 Å². The van der Waals surface area contributed by atoms with Crippen LogP contribution < -0.4 is 14.9 Å². The fourth-order valence-corrected chi connectivity index (χ4v) is 3.17. The van der Waals surface area contributed by atoms with Gasteiger partial charge < -0.3 is 9.47 Å². The van der Waals surface area contributed by atoms with E-state index in [4.69, 9.17) is 9.47 Å². The first-order valence-corrected chi connectivity index (χ1v) is 9.35. The minimum atomic E-state index is -0.344. The number of benzene rings is 3. The molecule has 1 amide bonds. The summed E-state index contributed by atoms with van der Waals surface area (Å²) in [6.45, 7) is 4.05. The molecule has 3 aromatic rings. The van der Waals surface area contributed by atoms with Crippen molar-refractivity contribution in [2.24, 2.45) is 5.10 Å². The van der Waals surface area contributed by atoms with E-state index in [0.717, 1.165) is 20.8 Å². The maximum Gasteiger partial charge on any atom is 0.275 e. The SMILES string of the molecule is C=CCOc1ccc(/C=N\NC(=O)c2cc3ccccc3cc2OC)cc1Br. The van der Waals surface area contributed by atoms with Crippen molar-refractivity contribution in [2.75, 3.05) is 13.7 Å². The average molecular weight is 439 g/mol. The van der Waals surface area contributed by atoms with Crippen molar-refractivity contribution in [3.05, 3.63) is 82.9 Å². The number of carbonyl (C=O) groups excluding carboxylic acids is 1. The smallest absolute Gasteiger partial charge is 0.275 e. The zero-order valence-corrected chi connectivity index (χ0v) is 16.9. The summed E-state index contributed by atoms with van der Waals surface area (Å²) >= 11 is 3.45. The van der Waals surface area contributed by atoms with Crippen molar-refractivity contribution in [3.63, 3.8) is 0 Å². The standard InChI is InChI=1S/C22H19BrN2O3/c1-3-10-28-20-9-8-15(11-19(20)23)14-24-25-22(26)18-12-16-6-4-5-7-17(16)13-21(18)27-2/h3-9,11-14H,1,10H2,2H3,(H,25,26)/b24-14-. The lowest BCUT2D eigenvalue weighted by molar-refractivity contribution is 0.0952. The maximum atomic E-state index is 12.6. The number of amides is 1. The number of halogens is 1. The van der Waals surface area contributed by atoms with Crippen LogP contribution in [0.25, 0.3) is 10.8 Å². The number of nitrogens with zero attached hydrogens (tertiary/aromatic N) is 1. The fourth-order valence-electron chi connectivity index (χ4n) is 2.65. The number of rotatable bonds is 7. The van der Waals surface area contributed by atoms with Crippen LogP contribution in [-0.4, -0.2) is 25.8 Å². The third-order valence-corrected chi connectivity index (χ3v) is 4.62. The predicted octanol–water partition coefficient (Wildman–Crippen LogP) is 4.94. The normalized spacial score (nSPS) is 10.8. The predicted molar refractivity (Wildman–Crippen MR) is 115 cm³/mol. The molecular formula is C22H19BrN2O3. The lowest BCUT2D eigenvalue weighted by atomic mass is 10.1. The zero-order chi connectivity index (χ0) is 19.9. The highest BCUT2D eigenvalue weighted by Gasteiger charge is 2.13. The Morgan fingerprint density at radius 1 is 1.14 bits per heavy atom. The Morgan fingerprint density at radius 3 is 2.57 bits per heavy atom. The molecule has 0 unspecified atom stereocenters. The number of hydrazone groups is 1. The van der Waals surface area contributed by atoms with Gasteiger partial charge in [-0.3, -0.25) is 4.79 Å². The van der Waals surface area contributed by atoms with Gasteiger partial charge in [0.1, 0.15) is 18.1 Å². The fraction of sp³-hybridized carbons (Fsp3) is 0.0909. The molecule has 6 heteroatoms. The monoisotopic (exact) mass is 438 g/mol. The van der Waals surface area contributed by atoms with E-state index in [1.807, 2.05) is 48.5 Å². The summed E-state index contributed by atoms with van der Waals surface area (Å²) in [6.07, 6.45) is 3.24. The van der Waals surface area contributed by atoms with Crippen LogP contribution in [-0.2, 0) is 0 Å². The zero-order valence-electron chi connectivity index (χ0n) is 15.3. The Labute approximate surface area is 171 Å². The number of fused-ring (bicyclic) bond motifs is 1. The maximum absolute atomic E-state index is 12.6. The molecule has 0 fully saturated rings. The first kappa shape index (κ1) is 19.6. The summed E-state index contributed by atoms with van der Waals surface area (Å²) in [5.74, 6) is 0.865. The number of nitrogens with one attached hydrogen (secondary N) is 1. The van der Waals surface area contributed by atoms with Gasteiger partial charge in [0.25, 0.3) is 5.91 Å². The van der Waals surface area contributed by atoms with E-state index in [9.17, 15) is 4.79 Å². The van der Waals surface area contributed by atoms with Crippen molar-refractivity contribution < 1.29 is 14.3 Å². The molecule has 0 heterocycles. The minimum Gasteiger partial charge on any atom is -0.496 e. The first-order valence-electron chi connectivity index (χ1n) is 8.56. The van der Waals surface area contributed by atoms with Gasteiger partial charge in [-0.25, -0.2) is 5.43 Å². The minimum absolute atomic E-state index is 0.344. The topological polar surface area (TPSA) is 59.9 Å². The number of ether oxygens (including phenoxy) is 2. The molecule has 0 atom stereocenters. The van der Waals surface area contributed by atoms with E-state index in [2.05, 4.69) is 33.0 Å². The van der Waals surface area contributed by atoms with Crippen molar-refractivity contribution in [2.45, 2.75) is 0 Å². The molecule has 0 saturated carbocycles. The second-order valence-corrected chi connectivity index (χ2v) is 6.74. The van der Waals surface area contributed by atoms with Crippen molar-refractivity contribution in [3.8, 4) is 11.5 Å². The van der Waals surface area contributed by atoms with Gasteiger partial charge in [0.15, 0.2) is 0 Å². The van der Waals surface area contributed by atoms with Crippen LogP contribution in [0.1, 0.15) is 15.9 Å². The van der Waals surface area contributed by atoms with Crippen LogP contribution in [0.5, 0.6) is 11.5 Å². The van der Waals surface area contributed by atoms with Gasteiger partial charge in [0.2, 0.25) is 0 Å². The molecule has 1 N–H and O–H groups in total. The number of methoxy groups -OCH3 is 1. The highest BCUT2D eigenvalue weighted by molar-refractivity contribution is 9.10. The molecule has 0 spiro atoms. The molecule has 0 aliphatic heterocycles.